The van der Waals surface area contributed by atoms with Crippen LogP contribution >= 0.6 is 12.6 Å². The third-order valence-corrected chi connectivity index (χ3v) is 15.7. The molecule has 19 nitrogen and oxygen atoms in total. The number of aliphatic hydroxyl groups excluding tert-OH is 2. The third-order valence-electron chi connectivity index (χ3n) is 15.5. The van der Waals surface area contributed by atoms with Crippen molar-refractivity contribution >= 4 is 12.6 Å². The van der Waals surface area contributed by atoms with Gasteiger partial charge in [-0.05, 0) is 46.5 Å². The first-order chi connectivity index (χ1) is 36.9. The summed E-state index contributed by atoms with van der Waals surface area (Å²) in [5.74, 6) is -1.48. The van der Waals surface area contributed by atoms with Gasteiger partial charge in [-0.2, -0.15) is 0 Å². The molecule has 2 fully saturated rings. The molecule has 12 rings (SSSR count). The normalized spacial score (nSPS) is 27.6. The summed E-state index contributed by atoms with van der Waals surface area (Å²) in [6, 6.07) is 39.1. The Morgan fingerprint density at radius 2 is 0.947 bits per heavy atom. The Hall–Kier alpha value is -8.01. The Labute approximate surface area is 439 Å². The van der Waals surface area contributed by atoms with Crippen molar-refractivity contribution in [2.24, 2.45) is 0 Å². The van der Waals surface area contributed by atoms with Crippen molar-refractivity contribution < 1.29 is 71.9 Å². The van der Waals surface area contributed by atoms with Gasteiger partial charge in [-0.15, -0.1) is 15.3 Å². The average Bonchev–Trinajstić information content (AvgIpc) is 3.78. The van der Waals surface area contributed by atoms with Crippen molar-refractivity contribution in [3.05, 3.63) is 179 Å². The standard InChI is InChI=1S/C56H50N4O15S/c1-65-33-20-16-31(17-21-33)55-43(29-12-8-6-9-13-29)41(47(61)53(55,63)45-37(68-4)24-35(67-3)25-39(45)74-55)49-57-59-51(72-49)71-28-70-36-26-38(69-5)46-40(27-36)75-56(32-18-22-34(66-2)23-19-32)44(30-14-10-7-11-15-30)42(48(62)54(46,56)64)50-58-60-52(76)73-50/h6-27,41-44,47-48,61-64H,28H2,1-5H3,(H,60,76)/t41-,42-,43-,44-,47-,48-,53+,54+,55+,56+/m1/s1. The molecule has 4 N–H and O–H groups in total. The number of rotatable bonds is 15. The van der Waals surface area contributed by atoms with Crippen LogP contribution in [0.4, 0.5) is 0 Å². The van der Waals surface area contributed by atoms with Crippen molar-refractivity contribution in [2.45, 2.75) is 63.5 Å². The van der Waals surface area contributed by atoms with Crippen molar-refractivity contribution in [1.29, 1.82) is 0 Å². The van der Waals surface area contributed by atoms with E-state index in [4.69, 9.17) is 51.5 Å². The van der Waals surface area contributed by atoms with E-state index in [0.29, 0.717) is 39.5 Å². The lowest BCUT2D eigenvalue weighted by atomic mass is 9.70. The molecule has 0 saturated heterocycles. The topological polar surface area (TPSA) is 242 Å². The lowest BCUT2D eigenvalue weighted by Crippen LogP contribution is -2.52. The van der Waals surface area contributed by atoms with Gasteiger partial charge >= 0.3 is 6.08 Å². The van der Waals surface area contributed by atoms with Crippen LogP contribution in [0.25, 0.3) is 0 Å². The van der Waals surface area contributed by atoms with Crippen LogP contribution in [-0.2, 0) is 22.4 Å². The zero-order valence-corrected chi connectivity index (χ0v) is 42.3. The number of aromatic nitrogens is 4. The highest BCUT2D eigenvalue weighted by molar-refractivity contribution is 7.80. The Morgan fingerprint density at radius 1 is 0.500 bits per heavy atom. The predicted octanol–water partition coefficient (Wildman–Crippen LogP) is 7.03. The van der Waals surface area contributed by atoms with E-state index in [1.165, 1.54) is 27.4 Å². The number of aliphatic hydroxyl groups is 4. The Kier molecular flexibility index (Phi) is 11.8. The number of hydrogen-bond donors (Lipinski definition) is 5. The molecule has 8 aromatic rings. The minimum atomic E-state index is -2.22. The number of fused-ring (bicyclic) bond motifs is 6. The summed E-state index contributed by atoms with van der Waals surface area (Å²) in [5.41, 5.74) is -5.20. The van der Waals surface area contributed by atoms with Gasteiger partial charge in [-0.3, -0.25) is 0 Å². The molecule has 2 aliphatic heterocycles. The molecule has 0 bridgehead atoms. The van der Waals surface area contributed by atoms with Crippen LogP contribution in [0, 0.1) is 0 Å². The molecule has 390 valence electrons. The Bertz CT molecular complexity index is 3440. The molecule has 4 aliphatic rings. The van der Waals surface area contributed by atoms with Crippen LogP contribution in [0.2, 0.25) is 0 Å². The number of ether oxygens (including phenoxy) is 9. The summed E-state index contributed by atoms with van der Waals surface area (Å²) in [5, 5.41) is 69.3. The van der Waals surface area contributed by atoms with Gasteiger partial charge in [-0.1, -0.05) is 103 Å². The van der Waals surface area contributed by atoms with Crippen molar-refractivity contribution in [3.8, 4) is 52.1 Å². The van der Waals surface area contributed by atoms with Gasteiger partial charge in [0.1, 0.15) is 58.2 Å². The summed E-state index contributed by atoms with van der Waals surface area (Å²) >= 11 is 4.28. The summed E-state index contributed by atoms with van der Waals surface area (Å²) < 4.78 is 66.8. The lowest BCUT2D eigenvalue weighted by molar-refractivity contribution is -0.151. The molecule has 2 saturated carbocycles. The minimum absolute atomic E-state index is 0.0221. The van der Waals surface area contributed by atoms with Crippen LogP contribution in [-0.4, -0.2) is 95.4 Å². The zero-order valence-electron chi connectivity index (χ0n) is 41.4. The van der Waals surface area contributed by atoms with E-state index in [1.54, 1.807) is 80.9 Å². The SMILES string of the molecule is COc1ccc([C@@]23Oc4cc(OCOc5nnc([C@H]6[C@@H](O)[C@@]7(O)c8c(OC)cc(OC)cc8O[C@@]7(c7ccc(OC)cc7)[C@@H]6c6ccccc6)o5)cc(OC)c4[C@]2(O)[C@H](O)[C@H](c2nnc(S)o2)[C@H]3c2ccccc2)cc1. The Balaban J connectivity index is 0.895. The van der Waals surface area contributed by atoms with Crippen molar-refractivity contribution in [2.75, 3.05) is 42.3 Å². The minimum Gasteiger partial charge on any atom is -0.497 e. The molecular formula is C56H50N4O15S. The van der Waals surface area contributed by atoms with Crippen LogP contribution in [0.15, 0.2) is 148 Å². The fourth-order valence-corrected chi connectivity index (χ4v) is 12.6. The van der Waals surface area contributed by atoms with E-state index >= 15 is 0 Å². The summed E-state index contributed by atoms with van der Waals surface area (Å²) in [7, 11) is 7.49. The smallest absolute Gasteiger partial charge is 0.417 e. The zero-order chi connectivity index (χ0) is 52.7. The van der Waals surface area contributed by atoms with Crippen LogP contribution in [0.3, 0.4) is 0 Å². The molecule has 0 spiro atoms. The van der Waals surface area contributed by atoms with Crippen molar-refractivity contribution in [1.82, 2.24) is 20.4 Å². The fourth-order valence-electron chi connectivity index (χ4n) is 12.4. The number of methoxy groups -OCH3 is 5. The van der Waals surface area contributed by atoms with E-state index in [1.807, 2.05) is 60.7 Å². The van der Waals surface area contributed by atoms with Gasteiger partial charge in [0.25, 0.3) is 5.22 Å². The summed E-state index contributed by atoms with van der Waals surface area (Å²) in [6.07, 6.45) is -3.61. The van der Waals surface area contributed by atoms with Gasteiger partial charge in [0, 0.05) is 36.1 Å². The van der Waals surface area contributed by atoms with E-state index in [-0.39, 0.29) is 63.0 Å². The highest BCUT2D eigenvalue weighted by Gasteiger charge is 2.79. The monoisotopic (exact) mass is 1050 g/mol. The van der Waals surface area contributed by atoms with Gasteiger partial charge in [0.05, 0.1) is 58.5 Å². The number of hydrogen-bond acceptors (Lipinski definition) is 20. The molecule has 6 aromatic carbocycles. The van der Waals surface area contributed by atoms with E-state index in [0.717, 1.165) is 0 Å². The van der Waals surface area contributed by atoms with Crippen LogP contribution < -0.4 is 42.6 Å². The van der Waals surface area contributed by atoms with E-state index in [2.05, 4.69) is 33.0 Å². The van der Waals surface area contributed by atoms with Crippen LogP contribution in [0.1, 0.15) is 68.8 Å². The molecule has 0 radical (unpaired) electrons. The van der Waals surface area contributed by atoms with Gasteiger partial charge in [-0.25, -0.2) is 0 Å². The first-order valence-corrected chi connectivity index (χ1v) is 24.5. The first-order valence-electron chi connectivity index (χ1n) is 24.1. The fraction of sp³-hybridized carbons (Fsp3) is 0.286. The summed E-state index contributed by atoms with van der Waals surface area (Å²) in [4.78, 5) is 0. The van der Waals surface area contributed by atoms with Gasteiger partial charge in [0.2, 0.25) is 18.6 Å². The first kappa shape index (κ1) is 48.9. The van der Waals surface area contributed by atoms with E-state index < -0.39 is 65.1 Å². The molecule has 0 amide bonds. The highest BCUT2D eigenvalue weighted by atomic mass is 32.1. The lowest BCUT2D eigenvalue weighted by Gasteiger charge is -2.40. The largest absolute Gasteiger partial charge is 0.497 e. The Morgan fingerprint density at radius 3 is 1.39 bits per heavy atom. The van der Waals surface area contributed by atoms with Crippen molar-refractivity contribution in [3.63, 3.8) is 0 Å². The second-order valence-electron chi connectivity index (χ2n) is 18.8. The maximum atomic E-state index is 13.5. The summed E-state index contributed by atoms with van der Waals surface area (Å²) in [6.45, 7) is -0.497. The maximum Gasteiger partial charge on any atom is 0.417 e. The molecule has 20 heteroatoms. The number of nitrogens with zero attached hydrogens (tertiary/aromatic N) is 4. The quantitative estimate of drug-likeness (QED) is 0.0511. The number of thiol groups is 1. The molecule has 4 heterocycles. The number of benzene rings is 6. The van der Waals surface area contributed by atoms with E-state index in [9.17, 15) is 20.4 Å². The maximum absolute atomic E-state index is 13.5. The molecule has 76 heavy (non-hydrogen) atoms. The molecule has 2 aromatic heterocycles. The average molecular weight is 1050 g/mol. The van der Waals surface area contributed by atoms with Gasteiger partial charge < -0.3 is 71.9 Å². The second kappa shape index (κ2) is 18.4. The highest BCUT2D eigenvalue weighted by Crippen LogP contribution is 2.74. The van der Waals surface area contributed by atoms with Gasteiger partial charge in [0.15, 0.2) is 22.4 Å². The molecule has 10 atom stereocenters. The molecule has 0 unspecified atom stereocenters. The predicted molar refractivity (Wildman–Crippen MR) is 269 cm³/mol. The molecule has 2 aliphatic carbocycles. The second-order valence-corrected chi connectivity index (χ2v) is 19.2. The molecular weight excluding hydrogens is 1000 g/mol. The van der Waals surface area contributed by atoms with Crippen LogP contribution in [0.5, 0.6) is 52.1 Å². The third kappa shape index (κ3) is 6.83.